The third-order valence-corrected chi connectivity index (χ3v) is 9.03. The van der Waals surface area contributed by atoms with Crippen LogP contribution in [0, 0.1) is 28.6 Å². The number of fused-ring (bicyclic) bond motifs is 7. The highest BCUT2D eigenvalue weighted by Crippen LogP contribution is 2.73. The summed E-state index contributed by atoms with van der Waals surface area (Å²) >= 11 is 0. The molecule has 3 saturated carbocycles. The summed E-state index contributed by atoms with van der Waals surface area (Å²) in [5, 5.41) is 10.1. The number of ketones is 1. The van der Waals surface area contributed by atoms with Crippen LogP contribution >= 0.6 is 0 Å². The van der Waals surface area contributed by atoms with Crippen LogP contribution in [0.1, 0.15) is 65.7 Å². The van der Waals surface area contributed by atoms with Crippen LogP contribution in [0.4, 0.5) is 0 Å². The molecule has 1 N–H and O–H groups in total. The summed E-state index contributed by atoms with van der Waals surface area (Å²) in [6, 6.07) is 0. The van der Waals surface area contributed by atoms with Gasteiger partial charge in [-0.05, 0) is 75.0 Å². The first-order valence-electron chi connectivity index (χ1n) is 9.89. The lowest BCUT2D eigenvalue weighted by Gasteiger charge is -2.58. The van der Waals surface area contributed by atoms with E-state index in [4.69, 9.17) is 4.74 Å². The first kappa shape index (κ1) is 15.6. The molecule has 0 amide bonds. The van der Waals surface area contributed by atoms with Crippen molar-refractivity contribution in [2.45, 2.75) is 83.5 Å². The lowest BCUT2D eigenvalue weighted by Crippen LogP contribution is -2.54. The van der Waals surface area contributed by atoms with Crippen LogP contribution in [0.5, 0.6) is 0 Å². The second kappa shape index (κ2) is 4.54. The maximum absolute atomic E-state index is 12.4. The van der Waals surface area contributed by atoms with E-state index >= 15 is 0 Å². The molecule has 24 heavy (non-hydrogen) atoms. The van der Waals surface area contributed by atoms with Gasteiger partial charge in [0.25, 0.3) is 0 Å². The van der Waals surface area contributed by atoms with Gasteiger partial charge in [-0.15, -0.1) is 0 Å². The standard InChI is InChI=1S/C21H30O3/c1-12(22)21-18(24-21)11-17-15-5-4-13-10-14(23)6-8-19(13,2)16(15)7-9-20(17,21)3/h4,14-18,23H,5-11H2,1-3H3/t14-,15-,16+,17-,18+,19-,20+,21+/m0/s1. The number of aliphatic hydroxyl groups is 1. The maximum Gasteiger partial charge on any atom is 0.164 e. The van der Waals surface area contributed by atoms with Gasteiger partial charge in [-0.3, -0.25) is 4.79 Å². The molecular formula is C21H30O3. The monoisotopic (exact) mass is 330 g/mol. The summed E-state index contributed by atoms with van der Waals surface area (Å²) < 4.78 is 6.00. The number of aliphatic hydroxyl groups excluding tert-OH is 1. The quantitative estimate of drug-likeness (QED) is 0.590. The van der Waals surface area contributed by atoms with E-state index in [2.05, 4.69) is 19.9 Å². The zero-order chi connectivity index (χ0) is 16.9. The molecule has 0 spiro atoms. The Morgan fingerprint density at radius 3 is 2.79 bits per heavy atom. The Balaban J connectivity index is 1.51. The second-order valence-electron chi connectivity index (χ2n) is 9.75. The fourth-order valence-electron chi connectivity index (χ4n) is 7.71. The summed E-state index contributed by atoms with van der Waals surface area (Å²) in [6.45, 7) is 6.54. The number of carbonyl (C=O) groups is 1. The Hall–Kier alpha value is -0.670. The van der Waals surface area contributed by atoms with Gasteiger partial charge >= 0.3 is 0 Å². The van der Waals surface area contributed by atoms with Crippen LogP contribution in [0.25, 0.3) is 0 Å². The third-order valence-electron chi connectivity index (χ3n) is 9.03. The molecule has 4 aliphatic carbocycles. The summed E-state index contributed by atoms with van der Waals surface area (Å²) in [7, 11) is 0. The highest BCUT2D eigenvalue weighted by atomic mass is 16.6. The molecule has 8 atom stereocenters. The van der Waals surface area contributed by atoms with Crippen LogP contribution in [-0.2, 0) is 9.53 Å². The first-order valence-corrected chi connectivity index (χ1v) is 9.89. The molecule has 132 valence electrons. The molecule has 0 radical (unpaired) electrons. The number of epoxide rings is 1. The highest BCUT2D eigenvalue weighted by molar-refractivity contribution is 5.90. The van der Waals surface area contributed by atoms with Crippen molar-refractivity contribution >= 4 is 5.78 Å². The number of allylic oxidation sites excluding steroid dienone is 1. The van der Waals surface area contributed by atoms with E-state index in [0.717, 1.165) is 44.4 Å². The molecule has 0 aromatic carbocycles. The van der Waals surface area contributed by atoms with Crippen LogP contribution in [-0.4, -0.2) is 28.7 Å². The van der Waals surface area contributed by atoms with Gasteiger partial charge in [-0.1, -0.05) is 25.5 Å². The molecule has 4 fully saturated rings. The topological polar surface area (TPSA) is 49.8 Å². The maximum atomic E-state index is 12.4. The van der Waals surface area contributed by atoms with Gasteiger partial charge in [0, 0.05) is 5.41 Å². The fourth-order valence-corrected chi connectivity index (χ4v) is 7.71. The molecule has 0 aromatic heterocycles. The minimum atomic E-state index is -0.448. The zero-order valence-electron chi connectivity index (χ0n) is 15.2. The number of hydrogen-bond donors (Lipinski definition) is 1. The molecule has 0 bridgehead atoms. The smallest absolute Gasteiger partial charge is 0.164 e. The summed E-state index contributed by atoms with van der Waals surface area (Å²) in [4.78, 5) is 12.4. The van der Waals surface area contributed by atoms with Gasteiger partial charge in [0.05, 0.1) is 12.2 Å². The van der Waals surface area contributed by atoms with E-state index < -0.39 is 5.60 Å². The molecule has 5 aliphatic rings. The number of ether oxygens (including phenoxy) is 1. The summed E-state index contributed by atoms with van der Waals surface area (Å²) in [5.41, 5.74) is 1.39. The number of Topliss-reactive ketones (excluding diaryl/α,β-unsaturated/α-hetero) is 1. The largest absolute Gasteiger partial charge is 0.393 e. The molecular weight excluding hydrogens is 300 g/mol. The Bertz CT molecular complexity index is 639. The average Bonchev–Trinajstić information content (AvgIpc) is 3.21. The van der Waals surface area contributed by atoms with E-state index in [9.17, 15) is 9.90 Å². The van der Waals surface area contributed by atoms with Crippen LogP contribution in [0.3, 0.4) is 0 Å². The Labute approximate surface area is 144 Å². The van der Waals surface area contributed by atoms with E-state index in [1.807, 2.05) is 0 Å². The highest BCUT2D eigenvalue weighted by Gasteiger charge is 2.79. The molecule has 0 aromatic rings. The Morgan fingerprint density at radius 1 is 1.25 bits per heavy atom. The van der Waals surface area contributed by atoms with Gasteiger partial charge in [0.1, 0.15) is 0 Å². The van der Waals surface area contributed by atoms with Crippen molar-refractivity contribution in [2.24, 2.45) is 28.6 Å². The van der Waals surface area contributed by atoms with Crippen molar-refractivity contribution in [2.75, 3.05) is 0 Å². The van der Waals surface area contributed by atoms with Crippen molar-refractivity contribution < 1.29 is 14.6 Å². The summed E-state index contributed by atoms with van der Waals surface area (Å²) in [6.07, 6.45) is 10.0. The predicted octanol–water partition coefficient (Wildman–Crippen LogP) is 3.65. The minimum absolute atomic E-state index is 0.0422. The van der Waals surface area contributed by atoms with Crippen LogP contribution < -0.4 is 0 Å². The predicted molar refractivity (Wildman–Crippen MR) is 91.4 cm³/mol. The first-order chi connectivity index (χ1) is 11.3. The summed E-state index contributed by atoms with van der Waals surface area (Å²) in [5.74, 6) is 2.31. The van der Waals surface area contributed by atoms with Crippen molar-refractivity contribution in [1.29, 1.82) is 0 Å². The lowest BCUT2D eigenvalue weighted by atomic mass is 9.47. The second-order valence-corrected chi connectivity index (χ2v) is 9.75. The molecule has 1 aliphatic heterocycles. The van der Waals surface area contributed by atoms with E-state index in [-0.39, 0.29) is 28.8 Å². The van der Waals surface area contributed by atoms with Crippen molar-refractivity contribution in [3.63, 3.8) is 0 Å². The fraction of sp³-hybridized carbons (Fsp3) is 0.857. The van der Waals surface area contributed by atoms with Gasteiger partial charge in [-0.25, -0.2) is 0 Å². The normalized spacial score (nSPS) is 58.0. The van der Waals surface area contributed by atoms with E-state index in [1.165, 1.54) is 12.0 Å². The van der Waals surface area contributed by atoms with Gasteiger partial charge < -0.3 is 9.84 Å². The number of hydrogen-bond acceptors (Lipinski definition) is 3. The van der Waals surface area contributed by atoms with Crippen LogP contribution in [0.15, 0.2) is 11.6 Å². The van der Waals surface area contributed by atoms with E-state index in [0.29, 0.717) is 11.8 Å². The van der Waals surface area contributed by atoms with Crippen molar-refractivity contribution in [3.8, 4) is 0 Å². The SMILES string of the molecule is CC(=O)[C@@]12O[C@@H]1C[C@H]1[C@H]3CC=C4C[C@@H](O)CC[C@]4(C)[C@@H]3CC[C@]12C. The zero-order valence-corrected chi connectivity index (χ0v) is 15.2. The Morgan fingerprint density at radius 2 is 2.04 bits per heavy atom. The molecule has 3 nitrogen and oxygen atoms in total. The van der Waals surface area contributed by atoms with Gasteiger partial charge in [0.15, 0.2) is 11.4 Å². The van der Waals surface area contributed by atoms with E-state index in [1.54, 1.807) is 6.92 Å². The number of rotatable bonds is 1. The van der Waals surface area contributed by atoms with Gasteiger partial charge in [0.2, 0.25) is 0 Å². The molecule has 1 saturated heterocycles. The van der Waals surface area contributed by atoms with Gasteiger partial charge in [-0.2, -0.15) is 0 Å². The van der Waals surface area contributed by atoms with Crippen molar-refractivity contribution in [3.05, 3.63) is 11.6 Å². The average molecular weight is 330 g/mol. The van der Waals surface area contributed by atoms with Crippen LogP contribution in [0.2, 0.25) is 0 Å². The molecule has 5 rings (SSSR count). The number of carbonyl (C=O) groups excluding carboxylic acids is 1. The Kier molecular flexibility index (Phi) is 2.94. The molecule has 0 unspecified atom stereocenters. The van der Waals surface area contributed by atoms with Crippen molar-refractivity contribution in [1.82, 2.24) is 0 Å². The minimum Gasteiger partial charge on any atom is -0.393 e. The molecule has 3 heteroatoms. The molecule has 1 heterocycles. The lowest BCUT2D eigenvalue weighted by molar-refractivity contribution is -0.135. The third kappa shape index (κ3) is 1.60.